The largest absolute Gasteiger partial charge is 0.483 e. The van der Waals surface area contributed by atoms with Gasteiger partial charge in [0.05, 0.1) is 20.3 Å². The Balaban J connectivity index is 2.22. The molecule has 2 aliphatic heterocycles. The molecule has 0 aromatic heterocycles. The second kappa shape index (κ2) is 3.66. The normalized spacial score (nSPS) is 34.0. The summed E-state index contributed by atoms with van der Waals surface area (Å²) in [6.45, 7) is 14.7. The fraction of sp³-hybridized carbons (Fsp3) is 0.846. The SMILES string of the molecule is C=C(OC)N1CC2COCC2(C(C)(C)C)C1. The number of nitrogens with zero attached hydrogens (tertiary/aromatic N) is 1. The summed E-state index contributed by atoms with van der Waals surface area (Å²) in [5, 5.41) is 0. The minimum absolute atomic E-state index is 0.258. The number of rotatable bonds is 2. The van der Waals surface area contributed by atoms with E-state index in [1.54, 1.807) is 7.11 Å². The fourth-order valence-electron chi connectivity index (χ4n) is 3.12. The van der Waals surface area contributed by atoms with Crippen LogP contribution in [0.3, 0.4) is 0 Å². The average molecular weight is 225 g/mol. The van der Waals surface area contributed by atoms with Crippen molar-refractivity contribution < 1.29 is 9.47 Å². The van der Waals surface area contributed by atoms with Gasteiger partial charge < -0.3 is 14.4 Å². The number of ether oxygens (including phenoxy) is 2. The van der Waals surface area contributed by atoms with Gasteiger partial charge in [-0.25, -0.2) is 0 Å². The molecule has 0 spiro atoms. The number of hydrogen-bond donors (Lipinski definition) is 0. The van der Waals surface area contributed by atoms with Gasteiger partial charge in [0.1, 0.15) is 0 Å². The molecule has 2 heterocycles. The fourth-order valence-corrected chi connectivity index (χ4v) is 3.12. The Kier molecular flexibility index (Phi) is 2.69. The molecule has 0 aliphatic carbocycles. The molecule has 0 bridgehead atoms. The predicted molar refractivity (Wildman–Crippen MR) is 63.9 cm³/mol. The molecular weight excluding hydrogens is 202 g/mol. The number of hydrogen-bond acceptors (Lipinski definition) is 3. The minimum atomic E-state index is 0.258. The van der Waals surface area contributed by atoms with E-state index in [4.69, 9.17) is 9.47 Å². The van der Waals surface area contributed by atoms with Crippen LogP contribution in [-0.2, 0) is 9.47 Å². The van der Waals surface area contributed by atoms with Crippen LogP contribution in [0.2, 0.25) is 0 Å². The zero-order valence-corrected chi connectivity index (χ0v) is 10.9. The lowest BCUT2D eigenvalue weighted by molar-refractivity contribution is 0.0436. The number of likely N-dealkylation sites (tertiary alicyclic amines) is 1. The number of fused-ring (bicyclic) bond motifs is 1. The van der Waals surface area contributed by atoms with Crippen molar-refractivity contribution in [2.75, 3.05) is 33.4 Å². The molecule has 3 heteroatoms. The first-order valence-corrected chi connectivity index (χ1v) is 5.96. The van der Waals surface area contributed by atoms with E-state index in [1.807, 2.05) is 0 Å². The molecule has 0 saturated carbocycles. The first kappa shape index (κ1) is 11.8. The highest BCUT2D eigenvalue weighted by molar-refractivity contribution is 5.08. The van der Waals surface area contributed by atoms with Crippen molar-refractivity contribution in [1.82, 2.24) is 4.90 Å². The summed E-state index contributed by atoms with van der Waals surface area (Å²) in [6.07, 6.45) is 0. The minimum Gasteiger partial charge on any atom is -0.483 e. The van der Waals surface area contributed by atoms with E-state index in [0.29, 0.717) is 5.92 Å². The average Bonchev–Trinajstić information content (AvgIpc) is 2.71. The molecule has 2 aliphatic rings. The third-order valence-electron chi connectivity index (χ3n) is 4.46. The lowest BCUT2D eigenvalue weighted by Crippen LogP contribution is -2.42. The van der Waals surface area contributed by atoms with Crippen molar-refractivity contribution >= 4 is 0 Å². The molecule has 2 fully saturated rings. The van der Waals surface area contributed by atoms with Crippen LogP contribution in [-0.4, -0.2) is 38.3 Å². The summed E-state index contributed by atoms with van der Waals surface area (Å²) in [7, 11) is 1.69. The zero-order chi connectivity index (χ0) is 12.0. The van der Waals surface area contributed by atoms with Gasteiger partial charge in [0.15, 0.2) is 5.88 Å². The van der Waals surface area contributed by atoms with E-state index in [-0.39, 0.29) is 10.8 Å². The van der Waals surface area contributed by atoms with E-state index < -0.39 is 0 Å². The van der Waals surface area contributed by atoms with Crippen LogP contribution >= 0.6 is 0 Å². The molecule has 2 unspecified atom stereocenters. The first-order chi connectivity index (χ1) is 7.40. The lowest BCUT2D eigenvalue weighted by atomic mass is 9.63. The van der Waals surface area contributed by atoms with Gasteiger partial charge in [0.2, 0.25) is 0 Å². The van der Waals surface area contributed by atoms with Crippen LogP contribution in [0.15, 0.2) is 12.5 Å². The molecule has 2 saturated heterocycles. The van der Waals surface area contributed by atoms with Crippen LogP contribution in [0, 0.1) is 16.7 Å². The molecule has 0 N–H and O–H groups in total. The van der Waals surface area contributed by atoms with Crippen LogP contribution in [0.25, 0.3) is 0 Å². The summed E-state index contributed by atoms with van der Waals surface area (Å²) in [5.41, 5.74) is 0.519. The second-order valence-electron chi connectivity index (χ2n) is 6.10. The monoisotopic (exact) mass is 225 g/mol. The van der Waals surface area contributed by atoms with Crippen LogP contribution < -0.4 is 0 Å². The van der Waals surface area contributed by atoms with Crippen molar-refractivity contribution in [3.8, 4) is 0 Å². The van der Waals surface area contributed by atoms with Gasteiger partial charge in [-0.05, 0) is 12.0 Å². The first-order valence-electron chi connectivity index (χ1n) is 5.96. The molecule has 2 atom stereocenters. The maximum Gasteiger partial charge on any atom is 0.181 e. The summed E-state index contributed by atoms with van der Waals surface area (Å²) < 4.78 is 11.0. The van der Waals surface area contributed by atoms with Gasteiger partial charge in [-0.1, -0.05) is 20.8 Å². The van der Waals surface area contributed by atoms with E-state index in [2.05, 4.69) is 32.3 Å². The van der Waals surface area contributed by atoms with Crippen molar-refractivity contribution in [3.05, 3.63) is 12.5 Å². The Morgan fingerprint density at radius 1 is 1.50 bits per heavy atom. The summed E-state index contributed by atoms with van der Waals surface area (Å²) in [6, 6.07) is 0. The van der Waals surface area contributed by atoms with Gasteiger partial charge in [-0.15, -0.1) is 0 Å². The second-order valence-corrected chi connectivity index (χ2v) is 6.10. The smallest absolute Gasteiger partial charge is 0.181 e. The van der Waals surface area contributed by atoms with Crippen LogP contribution in [0.1, 0.15) is 20.8 Å². The molecule has 92 valence electrons. The third-order valence-corrected chi connectivity index (χ3v) is 4.46. The highest BCUT2D eigenvalue weighted by atomic mass is 16.5. The van der Waals surface area contributed by atoms with Gasteiger partial charge in [0, 0.05) is 24.4 Å². The van der Waals surface area contributed by atoms with E-state index in [0.717, 1.165) is 32.2 Å². The van der Waals surface area contributed by atoms with Crippen LogP contribution in [0.4, 0.5) is 0 Å². The maximum atomic E-state index is 5.71. The topological polar surface area (TPSA) is 21.7 Å². The standard InChI is InChI=1S/C13H23NO2/c1-10(15-5)14-6-11-7-16-9-13(11,8-14)12(2,3)4/h11H,1,6-9H2,2-5H3. The lowest BCUT2D eigenvalue weighted by Gasteiger charge is -2.40. The number of methoxy groups -OCH3 is 1. The van der Waals surface area contributed by atoms with E-state index >= 15 is 0 Å². The van der Waals surface area contributed by atoms with Crippen molar-refractivity contribution in [2.24, 2.45) is 16.7 Å². The summed E-state index contributed by atoms with van der Waals surface area (Å²) in [5.74, 6) is 1.40. The van der Waals surface area contributed by atoms with E-state index in [1.165, 1.54) is 0 Å². The van der Waals surface area contributed by atoms with E-state index in [9.17, 15) is 0 Å². The molecule has 0 amide bonds. The third kappa shape index (κ3) is 1.53. The van der Waals surface area contributed by atoms with Gasteiger partial charge in [-0.3, -0.25) is 0 Å². The molecule has 3 nitrogen and oxygen atoms in total. The Morgan fingerprint density at radius 3 is 2.69 bits per heavy atom. The predicted octanol–water partition coefficient (Wildman–Crippen LogP) is 2.10. The highest BCUT2D eigenvalue weighted by Gasteiger charge is 2.57. The molecule has 0 aromatic carbocycles. The van der Waals surface area contributed by atoms with Crippen LogP contribution in [0.5, 0.6) is 0 Å². The van der Waals surface area contributed by atoms with Crippen molar-refractivity contribution in [3.63, 3.8) is 0 Å². The molecular formula is C13H23NO2. The Hall–Kier alpha value is -0.700. The Labute approximate surface area is 98.4 Å². The zero-order valence-electron chi connectivity index (χ0n) is 10.9. The highest BCUT2D eigenvalue weighted by Crippen LogP contribution is 2.53. The Bertz CT molecular complexity index is 295. The Morgan fingerprint density at radius 2 is 2.19 bits per heavy atom. The van der Waals surface area contributed by atoms with Crippen molar-refractivity contribution in [1.29, 1.82) is 0 Å². The maximum absolute atomic E-state index is 5.71. The van der Waals surface area contributed by atoms with Gasteiger partial charge >= 0.3 is 0 Å². The molecule has 0 radical (unpaired) electrons. The summed E-state index contributed by atoms with van der Waals surface area (Å²) >= 11 is 0. The molecule has 2 rings (SSSR count). The quantitative estimate of drug-likeness (QED) is 0.672. The van der Waals surface area contributed by atoms with Gasteiger partial charge in [-0.2, -0.15) is 0 Å². The van der Waals surface area contributed by atoms with Gasteiger partial charge in [0.25, 0.3) is 0 Å². The van der Waals surface area contributed by atoms with Crippen molar-refractivity contribution in [2.45, 2.75) is 20.8 Å². The molecule has 0 aromatic rings. The summed E-state index contributed by atoms with van der Waals surface area (Å²) in [4.78, 5) is 2.26. The molecule has 16 heavy (non-hydrogen) atoms.